The molecular formula is C14H26BrNO. The topological polar surface area (TPSA) is 29.1 Å². The Balaban J connectivity index is 2.55. The maximum absolute atomic E-state index is 12.3. The van der Waals surface area contributed by atoms with Crippen molar-refractivity contribution in [3.05, 3.63) is 0 Å². The summed E-state index contributed by atoms with van der Waals surface area (Å²) >= 11 is 3.45. The van der Waals surface area contributed by atoms with E-state index in [2.05, 4.69) is 42.0 Å². The molecule has 0 aliphatic heterocycles. The SMILES string of the molecule is CCC(CCBr)NC(=O)C1CCCCC1(C)C. The molecule has 2 nitrogen and oxygen atoms in total. The fourth-order valence-electron chi connectivity index (χ4n) is 2.79. The van der Waals surface area contributed by atoms with E-state index in [0.29, 0.717) is 6.04 Å². The first kappa shape index (κ1) is 15.0. The molecule has 100 valence electrons. The standard InChI is InChI=1S/C14H26BrNO/c1-4-11(8-10-15)16-13(17)12-7-5-6-9-14(12,2)3/h11-12H,4-10H2,1-3H3,(H,16,17). The lowest BCUT2D eigenvalue weighted by Crippen LogP contribution is -2.45. The highest BCUT2D eigenvalue weighted by Gasteiger charge is 2.37. The van der Waals surface area contributed by atoms with E-state index >= 15 is 0 Å². The maximum atomic E-state index is 12.3. The summed E-state index contributed by atoms with van der Waals surface area (Å²) in [5.41, 5.74) is 0.176. The van der Waals surface area contributed by atoms with Crippen LogP contribution in [-0.2, 0) is 4.79 Å². The molecule has 17 heavy (non-hydrogen) atoms. The Morgan fingerprint density at radius 3 is 2.71 bits per heavy atom. The molecule has 1 N–H and O–H groups in total. The van der Waals surface area contributed by atoms with Gasteiger partial charge in [-0.3, -0.25) is 4.79 Å². The van der Waals surface area contributed by atoms with Crippen LogP contribution in [-0.4, -0.2) is 17.3 Å². The number of alkyl halides is 1. The van der Waals surface area contributed by atoms with E-state index in [-0.39, 0.29) is 17.2 Å². The largest absolute Gasteiger partial charge is 0.353 e. The summed E-state index contributed by atoms with van der Waals surface area (Å²) in [5.74, 6) is 0.489. The van der Waals surface area contributed by atoms with Crippen LogP contribution in [0.4, 0.5) is 0 Å². The van der Waals surface area contributed by atoms with Crippen LogP contribution in [0.5, 0.6) is 0 Å². The smallest absolute Gasteiger partial charge is 0.223 e. The number of amides is 1. The number of hydrogen-bond acceptors (Lipinski definition) is 1. The van der Waals surface area contributed by atoms with Gasteiger partial charge in [0.25, 0.3) is 0 Å². The Kier molecular flexibility index (Phi) is 5.98. The molecule has 3 heteroatoms. The predicted molar refractivity (Wildman–Crippen MR) is 76.4 cm³/mol. The second-order valence-corrected chi connectivity index (χ2v) is 6.67. The molecule has 0 bridgehead atoms. The third kappa shape index (κ3) is 4.27. The highest BCUT2D eigenvalue weighted by Crippen LogP contribution is 2.40. The van der Waals surface area contributed by atoms with Gasteiger partial charge in [-0.1, -0.05) is 49.5 Å². The normalized spacial score (nSPS) is 25.3. The molecule has 0 radical (unpaired) electrons. The van der Waals surface area contributed by atoms with E-state index < -0.39 is 0 Å². The van der Waals surface area contributed by atoms with Crippen LogP contribution < -0.4 is 5.32 Å². The first-order valence-electron chi connectivity index (χ1n) is 6.87. The molecule has 1 aliphatic carbocycles. The summed E-state index contributed by atoms with van der Waals surface area (Å²) in [7, 11) is 0. The maximum Gasteiger partial charge on any atom is 0.223 e. The lowest BCUT2D eigenvalue weighted by molar-refractivity contribution is -0.131. The van der Waals surface area contributed by atoms with Crippen molar-refractivity contribution < 1.29 is 4.79 Å². The van der Waals surface area contributed by atoms with Crippen LogP contribution in [0.1, 0.15) is 59.3 Å². The minimum Gasteiger partial charge on any atom is -0.353 e. The van der Waals surface area contributed by atoms with Crippen molar-refractivity contribution in [2.45, 2.75) is 65.3 Å². The van der Waals surface area contributed by atoms with Crippen LogP contribution in [0, 0.1) is 11.3 Å². The zero-order valence-corrected chi connectivity index (χ0v) is 13.0. The van der Waals surface area contributed by atoms with E-state index in [1.165, 1.54) is 19.3 Å². The highest BCUT2D eigenvalue weighted by atomic mass is 79.9. The fraction of sp³-hybridized carbons (Fsp3) is 0.929. The number of carbonyl (C=O) groups excluding carboxylic acids is 1. The van der Waals surface area contributed by atoms with Crippen molar-refractivity contribution in [3.63, 3.8) is 0 Å². The summed E-state index contributed by atoms with van der Waals surface area (Å²) < 4.78 is 0. The van der Waals surface area contributed by atoms with Gasteiger partial charge in [-0.05, 0) is 31.1 Å². The van der Waals surface area contributed by atoms with Gasteiger partial charge < -0.3 is 5.32 Å². The average Bonchev–Trinajstić information content (AvgIpc) is 2.27. The van der Waals surface area contributed by atoms with Crippen LogP contribution in [0.2, 0.25) is 0 Å². The Morgan fingerprint density at radius 2 is 2.18 bits per heavy atom. The molecule has 0 saturated heterocycles. The fourth-order valence-corrected chi connectivity index (χ4v) is 3.34. The van der Waals surface area contributed by atoms with Crippen LogP contribution in [0.3, 0.4) is 0 Å². The highest BCUT2D eigenvalue weighted by molar-refractivity contribution is 9.09. The van der Waals surface area contributed by atoms with Crippen LogP contribution in [0.15, 0.2) is 0 Å². The Bertz CT molecular complexity index is 253. The number of rotatable bonds is 5. The van der Waals surface area contributed by atoms with E-state index in [4.69, 9.17) is 0 Å². The molecular weight excluding hydrogens is 278 g/mol. The van der Waals surface area contributed by atoms with Crippen molar-refractivity contribution in [1.82, 2.24) is 5.32 Å². The summed E-state index contributed by atoms with van der Waals surface area (Å²) in [6, 6.07) is 0.333. The Hall–Kier alpha value is -0.0500. The van der Waals surface area contributed by atoms with E-state index in [9.17, 15) is 4.79 Å². The lowest BCUT2D eigenvalue weighted by Gasteiger charge is -2.38. The molecule has 1 rings (SSSR count). The Labute approximate surface area is 114 Å². The molecule has 0 aromatic carbocycles. The van der Waals surface area contributed by atoms with Gasteiger partial charge in [0.15, 0.2) is 0 Å². The molecule has 1 aliphatic rings. The number of hydrogen-bond donors (Lipinski definition) is 1. The molecule has 2 atom stereocenters. The second kappa shape index (κ2) is 6.77. The summed E-state index contributed by atoms with van der Waals surface area (Å²) in [4.78, 5) is 12.3. The third-order valence-corrected chi connectivity index (χ3v) is 4.58. The van der Waals surface area contributed by atoms with Crippen molar-refractivity contribution >= 4 is 21.8 Å². The average molecular weight is 304 g/mol. The number of halogens is 1. The number of nitrogens with one attached hydrogen (secondary N) is 1. The molecule has 0 spiro atoms. The monoisotopic (exact) mass is 303 g/mol. The van der Waals surface area contributed by atoms with Crippen LogP contribution >= 0.6 is 15.9 Å². The first-order valence-corrected chi connectivity index (χ1v) is 7.99. The molecule has 1 saturated carbocycles. The number of carbonyl (C=O) groups is 1. The second-order valence-electron chi connectivity index (χ2n) is 5.88. The van der Waals surface area contributed by atoms with Gasteiger partial charge in [0.05, 0.1) is 0 Å². The molecule has 0 aromatic heterocycles. The zero-order chi connectivity index (χ0) is 12.9. The molecule has 2 unspecified atom stereocenters. The van der Waals surface area contributed by atoms with E-state index in [0.717, 1.165) is 24.6 Å². The molecule has 1 amide bonds. The predicted octanol–water partition coefficient (Wildman–Crippen LogP) is 3.88. The summed E-state index contributed by atoms with van der Waals surface area (Å²) in [5, 5.41) is 4.18. The first-order chi connectivity index (χ1) is 8.01. The van der Waals surface area contributed by atoms with Crippen molar-refractivity contribution in [1.29, 1.82) is 0 Å². The van der Waals surface area contributed by atoms with Crippen LogP contribution in [0.25, 0.3) is 0 Å². The summed E-state index contributed by atoms with van der Waals surface area (Å²) in [6.07, 6.45) is 6.76. The lowest BCUT2D eigenvalue weighted by atomic mass is 9.68. The van der Waals surface area contributed by atoms with Gasteiger partial charge in [0.1, 0.15) is 0 Å². The van der Waals surface area contributed by atoms with Gasteiger partial charge in [0.2, 0.25) is 5.91 Å². The quantitative estimate of drug-likeness (QED) is 0.767. The van der Waals surface area contributed by atoms with Gasteiger partial charge in [-0.2, -0.15) is 0 Å². The summed E-state index contributed by atoms with van der Waals surface area (Å²) in [6.45, 7) is 6.61. The van der Waals surface area contributed by atoms with Crippen molar-refractivity contribution in [2.24, 2.45) is 11.3 Å². The Morgan fingerprint density at radius 1 is 1.47 bits per heavy atom. The minimum atomic E-state index is 0.176. The molecule has 0 heterocycles. The molecule has 0 aromatic rings. The van der Waals surface area contributed by atoms with Gasteiger partial charge in [-0.15, -0.1) is 0 Å². The van der Waals surface area contributed by atoms with Gasteiger partial charge >= 0.3 is 0 Å². The van der Waals surface area contributed by atoms with Crippen molar-refractivity contribution in [2.75, 3.05) is 5.33 Å². The van der Waals surface area contributed by atoms with E-state index in [1.54, 1.807) is 0 Å². The van der Waals surface area contributed by atoms with Gasteiger partial charge in [-0.25, -0.2) is 0 Å². The zero-order valence-electron chi connectivity index (χ0n) is 11.4. The minimum absolute atomic E-state index is 0.176. The third-order valence-electron chi connectivity index (χ3n) is 4.12. The van der Waals surface area contributed by atoms with Crippen molar-refractivity contribution in [3.8, 4) is 0 Å². The van der Waals surface area contributed by atoms with E-state index in [1.807, 2.05) is 0 Å². The van der Waals surface area contributed by atoms with Gasteiger partial charge in [0, 0.05) is 17.3 Å². The molecule has 1 fully saturated rings.